The van der Waals surface area contributed by atoms with Crippen molar-refractivity contribution in [3.05, 3.63) is 45.9 Å². The quantitative estimate of drug-likeness (QED) is 0.773. The van der Waals surface area contributed by atoms with Crippen molar-refractivity contribution in [1.82, 2.24) is 4.57 Å². The van der Waals surface area contributed by atoms with Crippen molar-refractivity contribution < 1.29 is 0 Å². The molecule has 0 N–H and O–H groups in total. The zero-order valence-corrected chi connectivity index (χ0v) is 10.9. The predicted octanol–water partition coefficient (Wildman–Crippen LogP) is 3.45. The van der Waals surface area contributed by atoms with Crippen LogP contribution in [-0.2, 0) is 6.42 Å². The van der Waals surface area contributed by atoms with Crippen molar-refractivity contribution in [3.8, 4) is 0 Å². The molecule has 2 aromatic rings. The Morgan fingerprint density at radius 3 is 2.59 bits per heavy atom. The van der Waals surface area contributed by atoms with Crippen LogP contribution in [0.3, 0.4) is 0 Å². The normalized spacial score (nSPS) is 11.4. The Labute approximate surface area is 102 Å². The Balaban J connectivity index is 2.95. The van der Waals surface area contributed by atoms with E-state index in [4.69, 9.17) is 0 Å². The molecule has 0 atom stereocenters. The molecule has 0 aliphatic heterocycles. The molecule has 0 aliphatic rings. The highest BCUT2D eigenvalue weighted by atomic mass is 16.1. The SMILES string of the molecule is CCc1cc2cccc(C)c2c(=O)n1C(C)C. The summed E-state index contributed by atoms with van der Waals surface area (Å²) in [4.78, 5) is 12.5. The summed E-state index contributed by atoms with van der Waals surface area (Å²) < 4.78 is 1.91. The fraction of sp³-hybridized carbons (Fsp3) is 0.400. The highest BCUT2D eigenvalue weighted by molar-refractivity contribution is 5.85. The highest BCUT2D eigenvalue weighted by Gasteiger charge is 2.11. The van der Waals surface area contributed by atoms with E-state index in [-0.39, 0.29) is 11.6 Å². The van der Waals surface area contributed by atoms with Gasteiger partial charge in [-0.2, -0.15) is 0 Å². The fourth-order valence-electron chi connectivity index (χ4n) is 2.44. The van der Waals surface area contributed by atoms with Gasteiger partial charge in [-0.25, -0.2) is 0 Å². The third kappa shape index (κ3) is 1.88. The Kier molecular flexibility index (Phi) is 3.05. The number of benzene rings is 1. The summed E-state index contributed by atoms with van der Waals surface area (Å²) in [6.07, 6.45) is 0.886. The summed E-state index contributed by atoms with van der Waals surface area (Å²) in [6, 6.07) is 8.38. The van der Waals surface area contributed by atoms with E-state index in [0.29, 0.717) is 0 Å². The summed E-state index contributed by atoms with van der Waals surface area (Å²) >= 11 is 0. The van der Waals surface area contributed by atoms with Crippen LogP contribution in [-0.4, -0.2) is 4.57 Å². The lowest BCUT2D eigenvalue weighted by molar-refractivity contribution is 0.557. The second kappa shape index (κ2) is 4.36. The number of aromatic nitrogens is 1. The molecule has 0 saturated carbocycles. The van der Waals surface area contributed by atoms with Crippen LogP contribution in [0.4, 0.5) is 0 Å². The van der Waals surface area contributed by atoms with Gasteiger partial charge in [-0.05, 0) is 44.2 Å². The molecule has 0 radical (unpaired) electrons. The average Bonchev–Trinajstić information content (AvgIpc) is 2.27. The molecule has 1 heterocycles. The fourth-order valence-corrected chi connectivity index (χ4v) is 2.44. The monoisotopic (exact) mass is 229 g/mol. The standard InChI is InChI=1S/C15H19NO/c1-5-13-9-12-8-6-7-11(4)14(12)15(17)16(13)10(2)3/h6-10H,5H2,1-4H3. The number of aryl methyl sites for hydroxylation is 2. The lowest BCUT2D eigenvalue weighted by Crippen LogP contribution is -2.25. The van der Waals surface area contributed by atoms with Gasteiger partial charge in [0.1, 0.15) is 0 Å². The first-order chi connectivity index (χ1) is 8.06. The van der Waals surface area contributed by atoms with E-state index in [9.17, 15) is 4.79 Å². The van der Waals surface area contributed by atoms with Gasteiger partial charge in [0.2, 0.25) is 0 Å². The summed E-state index contributed by atoms with van der Waals surface area (Å²) in [7, 11) is 0. The predicted molar refractivity (Wildman–Crippen MR) is 72.7 cm³/mol. The lowest BCUT2D eigenvalue weighted by Gasteiger charge is -2.17. The van der Waals surface area contributed by atoms with Crippen LogP contribution in [0.1, 0.15) is 38.1 Å². The van der Waals surface area contributed by atoms with Gasteiger partial charge in [0.25, 0.3) is 5.56 Å². The first-order valence-electron chi connectivity index (χ1n) is 6.20. The van der Waals surface area contributed by atoms with E-state index in [1.807, 2.05) is 29.7 Å². The number of pyridine rings is 1. The van der Waals surface area contributed by atoms with Gasteiger partial charge in [0.15, 0.2) is 0 Å². The topological polar surface area (TPSA) is 22.0 Å². The number of hydrogen-bond acceptors (Lipinski definition) is 1. The molecule has 0 aliphatic carbocycles. The zero-order valence-electron chi connectivity index (χ0n) is 10.9. The van der Waals surface area contributed by atoms with Gasteiger partial charge in [-0.1, -0.05) is 25.1 Å². The molecule has 0 bridgehead atoms. The largest absolute Gasteiger partial charge is 0.310 e. The maximum absolute atomic E-state index is 12.5. The Hall–Kier alpha value is -1.57. The first-order valence-corrected chi connectivity index (χ1v) is 6.20. The number of nitrogens with zero attached hydrogens (tertiary/aromatic N) is 1. The minimum Gasteiger partial charge on any atom is -0.310 e. The molecule has 0 amide bonds. The van der Waals surface area contributed by atoms with Gasteiger partial charge >= 0.3 is 0 Å². The molecular formula is C15H19NO. The first kappa shape index (κ1) is 11.9. The molecule has 0 saturated heterocycles. The second-order valence-electron chi connectivity index (χ2n) is 4.80. The number of hydrogen-bond donors (Lipinski definition) is 0. The van der Waals surface area contributed by atoms with E-state index in [1.54, 1.807) is 0 Å². The molecule has 1 aromatic heterocycles. The van der Waals surface area contributed by atoms with Gasteiger partial charge in [0, 0.05) is 11.7 Å². The lowest BCUT2D eigenvalue weighted by atomic mass is 10.1. The summed E-state index contributed by atoms with van der Waals surface area (Å²) in [6.45, 7) is 8.21. The van der Waals surface area contributed by atoms with Gasteiger partial charge in [-0.15, -0.1) is 0 Å². The molecule has 90 valence electrons. The molecule has 0 unspecified atom stereocenters. The molecule has 2 nitrogen and oxygen atoms in total. The molecule has 17 heavy (non-hydrogen) atoms. The molecular weight excluding hydrogens is 210 g/mol. The smallest absolute Gasteiger partial charge is 0.259 e. The summed E-state index contributed by atoms with van der Waals surface area (Å²) in [5.74, 6) is 0. The van der Waals surface area contributed by atoms with Crippen LogP contribution in [0.5, 0.6) is 0 Å². The van der Waals surface area contributed by atoms with E-state index < -0.39 is 0 Å². The summed E-state index contributed by atoms with van der Waals surface area (Å²) in [5.41, 5.74) is 2.32. The minimum atomic E-state index is 0.146. The van der Waals surface area contributed by atoms with Crippen molar-refractivity contribution in [2.45, 2.75) is 40.2 Å². The van der Waals surface area contributed by atoms with Crippen LogP contribution in [0.25, 0.3) is 10.8 Å². The Morgan fingerprint density at radius 1 is 1.29 bits per heavy atom. The van der Waals surface area contributed by atoms with E-state index in [1.165, 1.54) is 0 Å². The van der Waals surface area contributed by atoms with Crippen LogP contribution in [0.15, 0.2) is 29.1 Å². The van der Waals surface area contributed by atoms with Crippen molar-refractivity contribution >= 4 is 10.8 Å². The number of rotatable bonds is 2. The molecule has 2 rings (SSSR count). The highest BCUT2D eigenvalue weighted by Crippen LogP contribution is 2.18. The van der Waals surface area contributed by atoms with E-state index in [2.05, 4.69) is 26.8 Å². The second-order valence-corrected chi connectivity index (χ2v) is 4.80. The van der Waals surface area contributed by atoms with E-state index >= 15 is 0 Å². The van der Waals surface area contributed by atoms with Crippen molar-refractivity contribution in [2.24, 2.45) is 0 Å². The van der Waals surface area contributed by atoms with Crippen LogP contribution >= 0.6 is 0 Å². The van der Waals surface area contributed by atoms with E-state index in [0.717, 1.165) is 28.5 Å². The molecule has 0 spiro atoms. The molecule has 2 heteroatoms. The van der Waals surface area contributed by atoms with Gasteiger partial charge in [0.05, 0.1) is 5.39 Å². The van der Waals surface area contributed by atoms with Crippen LogP contribution in [0.2, 0.25) is 0 Å². The summed E-state index contributed by atoms with van der Waals surface area (Å²) in [5, 5.41) is 1.92. The van der Waals surface area contributed by atoms with Crippen molar-refractivity contribution in [3.63, 3.8) is 0 Å². The maximum atomic E-state index is 12.5. The average molecular weight is 229 g/mol. The molecule has 0 fully saturated rings. The minimum absolute atomic E-state index is 0.146. The maximum Gasteiger partial charge on any atom is 0.259 e. The molecule has 1 aromatic carbocycles. The zero-order chi connectivity index (χ0) is 12.6. The Bertz CT molecular complexity index is 608. The van der Waals surface area contributed by atoms with Crippen molar-refractivity contribution in [2.75, 3.05) is 0 Å². The van der Waals surface area contributed by atoms with Crippen LogP contribution < -0.4 is 5.56 Å². The third-order valence-electron chi connectivity index (χ3n) is 3.25. The Morgan fingerprint density at radius 2 is 2.00 bits per heavy atom. The van der Waals surface area contributed by atoms with Gasteiger partial charge in [-0.3, -0.25) is 4.79 Å². The van der Waals surface area contributed by atoms with Crippen LogP contribution in [0, 0.1) is 6.92 Å². The number of fused-ring (bicyclic) bond motifs is 1. The van der Waals surface area contributed by atoms with Crippen molar-refractivity contribution in [1.29, 1.82) is 0 Å². The third-order valence-corrected chi connectivity index (χ3v) is 3.25. The van der Waals surface area contributed by atoms with Gasteiger partial charge < -0.3 is 4.57 Å².